The van der Waals surface area contributed by atoms with E-state index in [-0.39, 0.29) is 51.4 Å². The summed E-state index contributed by atoms with van der Waals surface area (Å²) in [6.07, 6.45) is 2.62. The van der Waals surface area contributed by atoms with Gasteiger partial charge >= 0.3 is 51.4 Å². The summed E-state index contributed by atoms with van der Waals surface area (Å²) in [6, 6.07) is 0. The minimum atomic E-state index is -0.750. The molecule has 0 unspecified atom stereocenters. The van der Waals surface area contributed by atoms with Crippen LogP contribution in [-0.4, -0.2) is 30.6 Å². The number of alkyl halides is 2. The molecule has 0 amide bonds. The van der Waals surface area contributed by atoms with Crippen molar-refractivity contribution in [1.82, 2.24) is 0 Å². The maximum absolute atomic E-state index is 10.1. The van der Waals surface area contributed by atoms with E-state index in [1.807, 2.05) is 0 Å². The Balaban J connectivity index is -0.0000000813. The molecule has 0 bridgehead atoms. The summed E-state index contributed by atoms with van der Waals surface area (Å²) < 4.78 is 9.23. The SMILES string of the molecule is C=COC=C.CC(C)(C)[O-].ClCCOCCCl.[K+]. The van der Waals surface area contributed by atoms with Gasteiger partial charge in [-0.15, -0.1) is 28.8 Å². The van der Waals surface area contributed by atoms with E-state index in [0.717, 1.165) is 0 Å². The molecule has 0 saturated carbocycles. The van der Waals surface area contributed by atoms with Crippen molar-refractivity contribution >= 4 is 23.2 Å². The summed E-state index contributed by atoms with van der Waals surface area (Å²) in [5.74, 6) is 1.10. The van der Waals surface area contributed by atoms with Gasteiger partial charge in [0.15, 0.2) is 0 Å². The minimum Gasteiger partial charge on any atom is -0.850 e. The fourth-order valence-corrected chi connectivity index (χ4v) is 0.497. The fraction of sp³-hybridized carbons (Fsp3) is 0.667. The van der Waals surface area contributed by atoms with Crippen LogP contribution < -0.4 is 56.5 Å². The number of hydrogen-bond donors (Lipinski definition) is 0. The monoisotopic (exact) mass is 324 g/mol. The topological polar surface area (TPSA) is 41.5 Å². The Bertz CT molecular complexity index is 146. The molecule has 0 atom stereocenters. The third kappa shape index (κ3) is 85.3. The molecule has 0 aromatic carbocycles. The maximum atomic E-state index is 10.1. The van der Waals surface area contributed by atoms with E-state index < -0.39 is 5.60 Å². The summed E-state index contributed by atoms with van der Waals surface area (Å²) in [4.78, 5) is 0. The van der Waals surface area contributed by atoms with Crippen molar-refractivity contribution in [3.8, 4) is 0 Å². The number of ether oxygens (including phenoxy) is 2. The molecule has 0 aliphatic carbocycles. The van der Waals surface area contributed by atoms with Gasteiger partial charge in [0, 0.05) is 11.8 Å². The molecule has 6 heteroatoms. The Hall–Kier alpha value is 1.42. The van der Waals surface area contributed by atoms with Crippen LogP contribution in [0.4, 0.5) is 0 Å². The Kier molecular flexibility index (Phi) is 36.2. The summed E-state index contributed by atoms with van der Waals surface area (Å²) in [6.45, 7) is 12.6. The van der Waals surface area contributed by atoms with E-state index in [1.54, 1.807) is 20.8 Å². The first-order valence-electron chi connectivity index (χ1n) is 5.10. The van der Waals surface area contributed by atoms with Crippen LogP contribution in [0.3, 0.4) is 0 Å². The average molecular weight is 325 g/mol. The van der Waals surface area contributed by atoms with E-state index in [9.17, 15) is 5.11 Å². The molecule has 0 heterocycles. The van der Waals surface area contributed by atoms with Crippen molar-refractivity contribution in [3.05, 3.63) is 25.7 Å². The first-order chi connectivity index (χ1) is 7.83. The number of hydrogen-bond acceptors (Lipinski definition) is 3. The second-order valence-corrected chi connectivity index (χ2v) is 4.33. The van der Waals surface area contributed by atoms with Gasteiger partial charge in [0.1, 0.15) is 0 Å². The Morgan fingerprint density at radius 1 is 1.06 bits per heavy atom. The molecule has 0 radical (unpaired) electrons. The molecule has 0 aromatic heterocycles. The number of rotatable bonds is 6. The van der Waals surface area contributed by atoms with Gasteiger partial charge in [-0.3, -0.25) is 0 Å². The van der Waals surface area contributed by atoms with Gasteiger partial charge in [0.2, 0.25) is 0 Å². The molecule has 0 aliphatic heterocycles. The van der Waals surface area contributed by atoms with E-state index >= 15 is 0 Å². The Morgan fingerprint density at radius 2 is 1.33 bits per heavy atom. The quantitative estimate of drug-likeness (QED) is 0.297. The summed E-state index contributed by atoms with van der Waals surface area (Å²) >= 11 is 10.5. The molecule has 0 N–H and O–H groups in total. The van der Waals surface area contributed by atoms with Crippen LogP contribution >= 0.6 is 23.2 Å². The Labute approximate surface area is 164 Å². The molecule has 0 aromatic rings. The van der Waals surface area contributed by atoms with Crippen LogP contribution in [0.25, 0.3) is 0 Å². The smallest absolute Gasteiger partial charge is 0.850 e. The molecular formula is C12H23Cl2KO3. The molecular weight excluding hydrogens is 302 g/mol. The molecule has 0 fully saturated rings. The van der Waals surface area contributed by atoms with Crippen molar-refractivity contribution in [2.45, 2.75) is 26.4 Å². The van der Waals surface area contributed by atoms with Gasteiger partial charge in [-0.2, -0.15) is 0 Å². The van der Waals surface area contributed by atoms with Gasteiger partial charge in [0.05, 0.1) is 25.7 Å². The number of halogens is 2. The van der Waals surface area contributed by atoms with Crippen molar-refractivity contribution in [1.29, 1.82) is 0 Å². The summed E-state index contributed by atoms with van der Waals surface area (Å²) in [7, 11) is 0. The average Bonchev–Trinajstić information content (AvgIpc) is 2.18. The van der Waals surface area contributed by atoms with Crippen LogP contribution in [0.2, 0.25) is 0 Å². The molecule has 0 saturated heterocycles. The minimum absolute atomic E-state index is 0. The zero-order valence-electron chi connectivity index (χ0n) is 11.9. The summed E-state index contributed by atoms with van der Waals surface area (Å²) in [5, 5.41) is 10.1. The van der Waals surface area contributed by atoms with Gasteiger partial charge in [-0.1, -0.05) is 33.9 Å². The molecule has 0 spiro atoms. The third-order valence-electron chi connectivity index (χ3n) is 0.635. The van der Waals surface area contributed by atoms with Gasteiger partial charge in [-0.05, 0) is 0 Å². The molecule has 0 rings (SSSR count). The zero-order chi connectivity index (χ0) is 14.2. The second-order valence-electron chi connectivity index (χ2n) is 3.57. The fourth-order valence-electron chi connectivity index (χ4n) is 0.279. The zero-order valence-corrected chi connectivity index (χ0v) is 16.5. The molecule has 18 heavy (non-hydrogen) atoms. The molecule has 3 nitrogen and oxygen atoms in total. The Morgan fingerprint density at radius 3 is 1.44 bits per heavy atom. The maximum Gasteiger partial charge on any atom is 1.00 e. The van der Waals surface area contributed by atoms with E-state index in [0.29, 0.717) is 25.0 Å². The molecule has 0 aliphatic rings. The van der Waals surface area contributed by atoms with Crippen LogP contribution in [0.15, 0.2) is 25.7 Å². The van der Waals surface area contributed by atoms with E-state index in [1.165, 1.54) is 12.5 Å². The van der Waals surface area contributed by atoms with Crippen molar-refractivity contribution in [2.75, 3.05) is 25.0 Å². The van der Waals surface area contributed by atoms with Crippen LogP contribution in [0, 0.1) is 0 Å². The third-order valence-corrected chi connectivity index (χ3v) is 0.944. The largest absolute Gasteiger partial charge is 1.00 e. The predicted octanol–water partition coefficient (Wildman–Crippen LogP) is -0.0802. The first-order valence-corrected chi connectivity index (χ1v) is 6.17. The first kappa shape index (κ1) is 27.7. The van der Waals surface area contributed by atoms with Gasteiger partial charge in [0.25, 0.3) is 0 Å². The van der Waals surface area contributed by atoms with Crippen molar-refractivity contribution in [3.63, 3.8) is 0 Å². The standard InChI is InChI=1S/C4H8Cl2O.C4H9O.C4H6O.K/c5-1-3-7-4-2-6;1-4(2,3)5;1-3-5-4-2;/h1-4H2;1-3H3;3-4H,1-2H2;/q;-1;;+1. The van der Waals surface area contributed by atoms with Crippen molar-refractivity contribution in [2.24, 2.45) is 0 Å². The van der Waals surface area contributed by atoms with Crippen LogP contribution in [0.5, 0.6) is 0 Å². The second kappa shape index (κ2) is 23.5. The van der Waals surface area contributed by atoms with Crippen LogP contribution in [-0.2, 0) is 9.47 Å². The van der Waals surface area contributed by atoms with E-state index in [2.05, 4.69) is 17.9 Å². The summed E-state index contributed by atoms with van der Waals surface area (Å²) in [5.41, 5.74) is -0.750. The van der Waals surface area contributed by atoms with E-state index in [4.69, 9.17) is 27.9 Å². The van der Waals surface area contributed by atoms with Crippen molar-refractivity contribution < 1.29 is 66.0 Å². The van der Waals surface area contributed by atoms with Gasteiger partial charge < -0.3 is 14.6 Å². The predicted molar refractivity (Wildman–Crippen MR) is 73.5 cm³/mol. The molecule has 104 valence electrons. The van der Waals surface area contributed by atoms with Crippen LogP contribution in [0.1, 0.15) is 20.8 Å². The van der Waals surface area contributed by atoms with Gasteiger partial charge in [-0.25, -0.2) is 0 Å². The normalized spacial score (nSPS) is 8.56.